The number of hydrogen-bond acceptors (Lipinski definition) is 5. The van der Waals surface area contributed by atoms with E-state index >= 15 is 0 Å². The normalized spacial score (nSPS) is 19.0. The van der Waals surface area contributed by atoms with Gasteiger partial charge < -0.3 is 0 Å². The van der Waals surface area contributed by atoms with Gasteiger partial charge in [-0.3, -0.25) is 0 Å². The van der Waals surface area contributed by atoms with Crippen molar-refractivity contribution in [2.24, 2.45) is 0 Å². The molecule has 6 nitrogen and oxygen atoms in total. The lowest BCUT2D eigenvalue weighted by molar-refractivity contribution is 0.395. The highest BCUT2D eigenvalue weighted by atomic mass is 35.5. The van der Waals surface area contributed by atoms with Crippen molar-refractivity contribution in [3.8, 4) is 0 Å². The van der Waals surface area contributed by atoms with Crippen LogP contribution in [0.4, 0.5) is 0 Å². The molecule has 0 bridgehead atoms. The maximum absolute atomic E-state index is 12.3. The van der Waals surface area contributed by atoms with Gasteiger partial charge in [0, 0.05) is 12.5 Å². The molecule has 0 saturated heterocycles. The number of nitrogens with one attached hydrogen (secondary N) is 1. The summed E-state index contributed by atoms with van der Waals surface area (Å²) in [5, 5.41) is 4.06. The number of rotatable bonds is 3. The van der Waals surface area contributed by atoms with Gasteiger partial charge in [-0.1, -0.05) is 23.2 Å². The zero-order valence-corrected chi connectivity index (χ0v) is 13.2. The zero-order valence-electron chi connectivity index (χ0n) is 10.1. The lowest BCUT2D eigenvalue weighted by Crippen LogP contribution is -2.41. The van der Waals surface area contributed by atoms with Crippen molar-refractivity contribution < 1.29 is 8.42 Å². The lowest BCUT2D eigenvalue weighted by Gasteiger charge is -2.23. The minimum absolute atomic E-state index is 0.0264. The summed E-state index contributed by atoms with van der Waals surface area (Å²) in [6.45, 7) is 0.462. The van der Waals surface area contributed by atoms with Gasteiger partial charge in [0.1, 0.15) is 21.4 Å². The fourth-order valence-electron chi connectivity index (χ4n) is 2.13. The van der Waals surface area contributed by atoms with Gasteiger partial charge in [-0.2, -0.15) is 5.10 Å². The average Bonchev–Trinajstić information content (AvgIpc) is 2.94. The van der Waals surface area contributed by atoms with Gasteiger partial charge in [-0.05, 0) is 12.5 Å². The molecule has 1 N–H and O–H groups in total. The monoisotopic (exact) mass is 352 g/mol. The van der Waals surface area contributed by atoms with E-state index in [-0.39, 0.29) is 15.3 Å². The molecule has 0 spiro atoms. The van der Waals surface area contributed by atoms with Crippen molar-refractivity contribution in [2.75, 3.05) is 0 Å². The summed E-state index contributed by atoms with van der Waals surface area (Å²) in [6.07, 6.45) is 2.83. The van der Waals surface area contributed by atoms with Crippen molar-refractivity contribution in [3.63, 3.8) is 0 Å². The number of aromatic nitrogens is 3. The highest BCUT2D eigenvalue weighted by Gasteiger charge is 2.27. The molecule has 0 saturated carbocycles. The molecule has 2 aromatic heterocycles. The standard InChI is InChI=1S/C10H10Cl2N4O2S2/c11-8-3-7(10(12)19-8)20(17,18)15-6-1-2-9-13-5-14-16(9)4-6/h3,5-6,15H,1-2,4H2. The number of fused-ring (bicyclic) bond motifs is 1. The Morgan fingerprint density at radius 1 is 1.45 bits per heavy atom. The predicted molar refractivity (Wildman–Crippen MR) is 76.8 cm³/mol. The maximum atomic E-state index is 12.3. The SMILES string of the molecule is O=S(=O)(NC1CCc2ncnn2C1)c1cc(Cl)sc1Cl. The van der Waals surface area contributed by atoms with Crippen LogP contribution in [0.15, 0.2) is 17.3 Å². The van der Waals surface area contributed by atoms with E-state index in [4.69, 9.17) is 23.2 Å². The minimum Gasteiger partial charge on any atom is -0.248 e. The summed E-state index contributed by atoms with van der Waals surface area (Å²) in [5.74, 6) is 0.872. The minimum atomic E-state index is -3.67. The molecule has 0 aromatic carbocycles. The number of nitrogens with zero attached hydrogens (tertiary/aromatic N) is 3. The Kier molecular flexibility index (Phi) is 3.76. The molecule has 3 heterocycles. The molecular formula is C10H10Cl2N4O2S2. The molecule has 10 heteroatoms. The Balaban J connectivity index is 1.80. The van der Waals surface area contributed by atoms with Crippen LogP contribution in [-0.4, -0.2) is 29.2 Å². The highest BCUT2D eigenvalue weighted by molar-refractivity contribution is 7.89. The average molecular weight is 353 g/mol. The Hall–Kier alpha value is -0.670. The van der Waals surface area contributed by atoms with Crippen molar-refractivity contribution in [1.29, 1.82) is 0 Å². The summed E-state index contributed by atoms with van der Waals surface area (Å²) in [4.78, 5) is 4.13. The number of halogens is 2. The second kappa shape index (κ2) is 5.27. The van der Waals surface area contributed by atoms with E-state index in [9.17, 15) is 8.42 Å². The van der Waals surface area contributed by atoms with Gasteiger partial charge in [0.15, 0.2) is 0 Å². The van der Waals surface area contributed by atoms with E-state index in [0.29, 0.717) is 23.7 Å². The zero-order chi connectivity index (χ0) is 14.3. The summed E-state index contributed by atoms with van der Waals surface area (Å²) in [6, 6.07) is 1.13. The molecule has 0 amide bonds. The molecule has 1 unspecified atom stereocenters. The van der Waals surface area contributed by atoms with Gasteiger partial charge in [-0.25, -0.2) is 22.8 Å². The van der Waals surface area contributed by atoms with Crippen LogP contribution in [-0.2, 0) is 23.0 Å². The molecule has 3 rings (SSSR count). The third-order valence-electron chi connectivity index (χ3n) is 3.04. The maximum Gasteiger partial charge on any atom is 0.243 e. The van der Waals surface area contributed by atoms with Crippen LogP contribution < -0.4 is 4.72 Å². The number of aryl methyl sites for hydroxylation is 1. The Morgan fingerprint density at radius 2 is 2.25 bits per heavy atom. The van der Waals surface area contributed by atoms with Crippen LogP contribution in [0.1, 0.15) is 12.2 Å². The van der Waals surface area contributed by atoms with Gasteiger partial charge in [-0.15, -0.1) is 11.3 Å². The van der Waals surface area contributed by atoms with Crippen LogP contribution in [0.2, 0.25) is 8.67 Å². The summed E-state index contributed by atoms with van der Waals surface area (Å²) in [7, 11) is -3.67. The van der Waals surface area contributed by atoms with Crippen LogP contribution in [0.25, 0.3) is 0 Å². The largest absolute Gasteiger partial charge is 0.248 e. The molecule has 0 radical (unpaired) electrons. The van der Waals surface area contributed by atoms with Crippen LogP contribution in [0.3, 0.4) is 0 Å². The van der Waals surface area contributed by atoms with E-state index in [1.54, 1.807) is 4.68 Å². The Morgan fingerprint density at radius 3 is 2.95 bits per heavy atom. The fourth-order valence-corrected chi connectivity index (χ4v) is 5.54. The van der Waals surface area contributed by atoms with Crippen molar-refractivity contribution >= 4 is 44.6 Å². The number of sulfonamides is 1. The van der Waals surface area contributed by atoms with Crippen LogP contribution in [0.5, 0.6) is 0 Å². The first kappa shape index (κ1) is 14.3. The molecule has 1 atom stereocenters. The van der Waals surface area contributed by atoms with E-state index in [1.165, 1.54) is 12.4 Å². The molecule has 1 aliphatic rings. The Bertz CT molecular complexity index is 740. The molecule has 0 fully saturated rings. The van der Waals surface area contributed by atoms with E-state index in [0.717, 1.165) is 17.2 Å². The topological polar surface area (TPSA) is 76.9 Å². The summed E-state index contributed by atoms with van der Waals surface area (Å²) < 4.78 is 29.4. The quantitative estimate of drug-likeness (QED) is 0.915. The summed E-state index contributed by atoms with van der Waals surface area (Å²) in [5.41, 5.74) is 0. The predicted octanol–water partition coefficient (Wildman–Crippen LogP) is 1.94. The molecule has 108 valence electrons. The van der Waals surface area contributed by atoms with Gasteiger partial charge in [0.2, 0.25) is 10.0 Å². The third kappa shape index (κ3) is 2.71. The van der Waals surface area contributed by atoms with Gasteiger partial charge in [0.05, 0.1) is 10.9 Å². The van der Waals surface area contributed by atoms with Crippen molar-refractivity contribution in [2.45, 2.75) is 30.3 Å². The lowest BCUT2D eigenvalue weighted by atomic mass is 10.1. The summed E-state index contributed by atoms with van der Waals surface area (Å²) >= 11 is 12.7. The van der Waals surface area contributed by atoms with Crippen molar-refractivity contribution in [1.82, 2.24) is 19.5 Å². The van der Waals surface area contributed by atoms with Gasteiger partial charge in [0.25, 0.3) is 0 Å². The molecule has 1 aliphatic heterocycles. The second-order valence-corrected chi connectivity index (χ2v) is 8.37. The first-order valence-electron chi connectivity index (χ1n) is 5.79. The molecular weight excluding hydrogens is 343 g/mol. The van der Waals surface area contributed by atoms with Gasteiger partial charge >= 0.3 is 0 Å². The first-order valence-corrected chi connectivity index (χ1v) is 8.85. The molecule has 20 heavy (non-hydrogen) atoms. The number of hydrogen-bond donors (Lipinski definition) is 1. The van der Waals surface area contributed by atoms with Crippen LogP contribution in [0, 0.1) is 0 Å². The van der Waals surface area contributed by atoms with E-state index in [2.05, 4.69) is 14.8 Å². The Labute approximate surface area is 129 Å². The fraction of sp³-hybridized carbons (Fsp3) is 0.400. The van der Waals surface area contributed by atoms with E-state index < -0.39 is 10.0 Å². The second-order valence-electron chi connectivity index (χ2n) is 4.40. The van der Waals surface area contributed by atoms with Crippen molar-refractivity contribution in [3.05, 3.63) is 26.9 Å². The van der Waals surface area contributed by atoms with Crippen LogP contribution >= 0.6 is 34.5 Å². The smallest absolute Gasteiger partial charge is 0.243 e. The number of thiophene rings is 1. The molecule has 2 aromatic rings. The van der Waals surface area contributed by atoms with E-state index in [1.807, 2.05) is 0 Å². The molecule has 0 aliphatic carbocycles. The third-order valence-corrected chi connectivity index (χ3v) is 6.32. The first-order chi connectivity index (χ1) is 9.45. The highest BCUT2D eigenvalue weighted by Crippen LogP contribution is 2.34.